The first-order valence-electron chi connectivity index (χ1n) is 5.25. The molecule has 14 heavy (non-hydrogen) atoms. The van der Waals surface area contributed by atoms with Gasteiger partial charge in [0.05, 0.1) is 6.10 Å². The first kappa shape index (κ1) is 9.69. The van der Waals surface area contributed by atoms with E-state index in [1.165, 1.54) is 30.4 Å². The highest BCUT2D eigenvalue weighted by molar-refractivity contribution is 5.36. The minimum Gasteiger partial charge on any atom is -0.387 e. The predicted molar refractivity (Wildman–Crippen MR) is 57.4 cm³/mol. The lowest BCUT2D eigenvalue weighted by Crippen LogP contribution is -2.16. The molecule has 0 spiro atoms. The zero-order valence-electron chi connectivity index (χ0n) is 8.59. The van der Waals surface area contributed by atoms with Gasteiger partial charge in [0.2, 0.25) is 0 Å². The molecule has 2 heteroatoms. The summed E-state index contributed by atoms with van der Waals surface area (Å²) in [5.74, 6) is 0. The van der Waals surface area contributed by atoms with E-state index >= 15 is 0 Å². The van der Waals surface area contributed by atoms with Crippen LogP contribution in [-0.2, 0) is 12.8 Å². The molecule has 1 unspecified atom stereocenters. The van der Waals surface area contributed by atoms with Crippen LogP contribution in [0.4, 0.5) is 0 Å². The molecule has 0 heterocycles. The van der Waals surface area contributed by atoms with Crippen molar-refractivity contribution >= 4 is 0 Å². The largest absolute Gasteiger partial charge is 0.387 e. The minimum absolute atomic E-state index is 0.370. The molecule has 1 aromatic carbocycles. The summed E-state index contributed by atoms with van der Waals surface area (Å²) in [5.41, 5.74) is 3.93. The van der Waals surface area contributed by atoms with Crippen molar-refractivity contribution < 1.29 is 5.11 Å². The smallest absolute Gasteiger partial charge is 0.0914 e. The molecule has 0 aliphatic heterocycles. The van der Waals surface area contributed by atoms with Crippen molar-refractivity contribution in [1.29, 1.82) is 0 Å². The van der Waals surface area contributed by atoms with Crippen LogP contribution in [0.2, 0.25) is 0 Å². The summed E-state index contributed by atoms with van der Waals surface area (Å²) in [4.78, 5) is 0. The number of rotatable bonds is 3. The number of aliphatic hydroxyl groups excluding tert-OH is 1. The van der Waals surface area contributed by atoms with Crippen LogP contribution in [0, 0.1) is 0 Å². The number of aliphatic hydroxyl groups is 1. The summed E-state index contributed by atoms with van der Waals surface area (Å²) in [6.07, 6.45) is 3.28. The Labute approximate surface area is 85.0 Å². The second-order valence-electron chi connectivity index (χ2n) is 3.96. The Morgan fingerprint density at radius 1 is 1.36 bits per heavy atom. The molecule has 0 aromatic heterocycles. The van der Waals surface area contributed by atoms with Crippen LogP contribution >= 0.6 is 0 Å². The van der Waals surface area contributed by atoms with Crippen molar-refractivity contribution in [3.8, 4) is 0 Å². The van der Waals surface area contributed by atoms with Crippen molar-refractivity contribution in [2.24, 2.45) is 0 Å². The fourth-order valence-electron chi connectivity index (χ4n) is 2.11. The fourth-order valence-corrected chi connectivity index (χ4v) is 2.11. The van der Waals surface area contributed by atoms with Gasteiger partial charge in [0.25, 0.3) is 0 Å². The molecule has 2 nitrogen and oxygen atoms in total. The van der Waals surface area contributed by atoms with E-state index in [1.54, 1.807) is 0 Å². The predicted octanol–water partition coefficient (Wildman–Crippen LogP) is 1.43. The van der Waals surface area contributed by atoms with E-state index < -0.39 is 0 Å². The topological polar surface area (TPSA) is 32.3 Å². The average molecular weight is 191 g/mol. The lowest BCUT2D eigenvalue weighted by molar-refractivity contribution is 0.177. The van der Waals surface area contributed by atoms with E-state index in [0.717, 1.165) is 5.56 Å². The van der Waals surface area contributed by atoms with Crippen LogP contribution in [-0.4, -0.2) is 18.7 Å². The van der Waals surface area contributed by atoms with E-state index in [-0.39, 0.29) is 6.10 Å². The molecule has 1 aliphatic carbocycles. The van der Waals surface area contributed by atoms with Crippen LogP contribution in [0.3, 0.4) is 0 Å². The highest BCUT2D eigenvalue weighted by Gasteiger charge is 2.13. The van der Waals surface area contributed by atoms with Crippen LogP contribution < -0.4 is 5.32 Å². The standard InChI is InChI=1S/C12H17NO/c1-13-8-12(14)11-6-5-9-3-2-4-10(9)7-11/h5-7,12-14H,2-4,8H2,1H3. The van der Waals surface area contributed by atoms with E-state index in [0.29, 0.717) is 6.54 Å². The third-order valence-electron chi connectivity index (χ3n) is 2.90. The zero-order valence-corrected chi connectivity index (χ0v) is 8.59. The van der Waals surface area contributed by atoms with Gasteiger partial charge in [-0.2, -0.15) is 0 Å². The van der Waals surface area contributed by atoms with E-state index in [4.69, 9.17) is 0 Å². The molecular weight excluding hydrogens is 174 g/mol. The van der Waals surface area contributed by atoms with Crippen molar-refractivity contribution in [2.75, 3.05) is 13.6 Å². The summed E-state index contributed by atoms with van der Waals surface area (Å²) in [6, 6.07) is 6.37. The summed E-state index contributed by atoms with van der Waals surface area (Å²) in [7, 11) is 1.86. The molecule has 76 valence electrons. The van der Waals surface area contributed by atoms with Gasteiger partial charge in [0, 0.05) is 6.54 Å². The Morgan fingerprint density at radius 3 is 2.93 bits per heavy atom. The van der Waals surface area contributed by atoms with Crippen LogP contribution in [0.1, 0.15) is 29.2 Å². The number of benzene rings is 1. The number of fused-ring (bicyclic) bond motifs is 1. The van der Waals surface area contributed by atoms with E-state index in [1.807, 2.05) is 13.1 Å². The molecular formula is C12H17NO. The van der Waals surface area contributed by atoms with E-state index in [2.05, 4.69) is 17.4 Å². The Morgan fingerprint density at radius 2 is 2.14 bits per heavy atom. The lowest BCUT2D eigenvalue weighted by Gasteiger charge is -2.11. The van der Waals surface area contributed by atoms with Crippen molar-refractivity contribution in [3.63, 3.8) is 0 Å². The number of aryl methyl sites for hydroxylation is 2. The van der Waals surface area contributed by atoms with Crippen LogP contribution in [0.15, 0.2) is 18.2 Å². The lowest BCUT2D eigenvalue weighted by atomic mass is 10.0. The first-order chi connectivity index (χ1) is 6.81. The number of nitrogens with one attached hydrogen (secondary N) is 1. The highest BCUT2D eigenvalue weighted by Crippen LogP contribution is 2.25. The Balaban J connectivity index is 2.19. The van der Waals surface area contributed by atoms with Crippen molar-refractivity contribution in [1.82, 2.24) is 5.32 Å². The van der Waals surface area contributed by atoms with Crippen molar-refractivity contribution in [2.45, 2.75) is 25.4 Å². The number of hydrogen-bond donors (Lipinski definition) is 2. The molecule has 0 amide bonds. The third kappa shape index (κ3) is 1.81. The molecule has 0 radical (unpaired) electrons. The van der Waals surface area contributed by atoms with Gasteiger partial charge in [-0.25, -0.2) is 0 Å². The van der Waals surface area contributed by atoms with Gasteiger partial charge in [-0.1, -0.05) is 18.2 Å². The van der Waals surface area contributed by atoms with Gasteiger partial charge in [-0.3, -0.25) is 0 Å². The second kappa shape index (κ2) is 4.11. The Bertz CT molecular complexity index is 322. The van der Waals surface area contributed by atoms with Crippen LogP contribution in [0.25, 0.3) is 0 Å². The summed E-state index contributed by atoms with van der Waals surface area (Å²) in [6.45, 7) is 0.624. The van der Waals surface area contributed by atoms with Crippen molar-refractivity contribution in [3.05, 3.63) is 34.9 Å². The van der Waals surface area contributed by atoms with Gasteiger partial charge in [-0.15, -0.1) is 0 Å². The normalized spacial score (nSPS) is 16.7. The molecule has 0 fully saturated rings. The maximum atomic E-state index is 9.79. The van der Waals surface area contributed by atoms with Gasteiger partial charge >= 0.3 is 0 Å². The quantitative estimate of drug-likeness (QED) is 0.757. The molecule has 1 aliphatic rings. The molecule has 2 rings (SSSR count). The third-order valence-corrected chi connectivity index (χ3v) is 2.90. The second-order valence-corrected chi connectivity index (χ2v) is 3.96. The van der Waals surface area contributed by atoms with Gasteiger partial charge in [-0.05, 0) is 43.0 Å². The SMILES string of the molecule is CNCC(O)c1ccc2c(c1)CCC2. The molecule has 1 atom stereocenters. The fraction of sp³-hybridized carbons (Fsp3) is 0.500. The molecule has 2 N–H and O–H groups in total. The number of likely N-dealkylation sites (N-methyl/N-ethyl adjacent to an activating group) is 1. The molecule has 0 saturated carbocycles. The number of hydrogen-bond acceptors (Lipinski definition) is 2. The summed E-state index contributed by atoms with van der Waals surface area (Å²) in [5, 5.41) is 12.8. The molecule has 1 aromatic rings. The highest BCUT2D eigenvalue weighted by atomic mass is 16.3. The van der Waals surface area contributed by atoms with Gasteiger partial charge in [0.15, 0.2) is 0 Å². The minimum atomic E-state index is -0.370. The molecule has 0 bridgehead atoms. The maximum Gasteiger partial charge on any atom is 0.0914 e. The summed E-state index contributed by atoms with van der Waals surface area (Å²) < 4.78 is 0. The Kier molecular flexibility index (Phi) is 2.85. The van der Waals surface area contributed by atoms with Gasteiger partial charge < -0.3 is 10.4 Å². The Hall–Kier alpha value is -0.860. The first-order valence-corrected chi connectivity index (χ1v) is 5.25. The zero-order chi connectivity index (χ0) is 9.97. The maximum absolute atomic E-state index is 9.79. The summed E-state index contributed by atoms with van der Waals surface area (Å²) >= 11 is 0. The van der Waals surface area contributed by atoms with Gasteiger partial charge in [0.1, 0.15) is 0 Å². The molecule has 0 saturated heterocycles. The monoisotopic (exact) mass is 191 g/mol. The van der Waals surface area contributed by atoms with E-state index in [9.17, 15) is 5.11 Å². The average Bonchev–Trinajstić information content (AvgIpc) is 2.64. The van der Waals surface area contributed by atoms with Crippen LogP contribution in [0.5, 0.6) is 0 Å².